The SMILES string of the molecule is Fc1ccc(NCc2cnccn2)cc1. The minimum absolute atomic E-state index is 0.236. The first-order valence-electron chi connectivity index (χ1n) is 4.59. The Kier molecular flexibility index (Phi) is 2.88. The van der Waals surface area contributed by atoms with Gasteiger partial charge in [0.25, 0.3) is 0 Å². The summed E-state index contributed by atoms with van der Waals surface area (Å²) in [5.41, 5.74) is 1.71. The van der Waals surface area contributed by atoms with Gasteiger partial charge in [0.15, 0.2) is 0 Å². The van der Waals surface area contributed by atoms with Crippen molar-refractivity contribution in [3.05, 3.63) is 54.4 Å². The molecule has 2 rings (SSSR count). The largest absolute Gasteiger partial charge is 0.379 e. The van der Waals surface area contributed by atoms with Crippen LogP contribution in [0.15, 0.2) is 42.9 Å². The molecule has 15 heavy (non-hydrogen) atoms. The normalized spacial score (nSPS) is 9.93. The molecule has 1 aromatic heterocycles. The first kappa shape index (κ1) is 9.58. The monoisotopic (exact) mass is 203 g/mol. The summed E-state index contributed by atoms with van der Waals surface area (Å²) >= 11 is 0. The van der Waals surface area contributed by atoms with Gasteiger partial charge in [-0.3, -0.25) is 9.97 Å². The molecule has 0 atom stereocenters. The molecule has 0 aliphatic rings. The Labute approximate surface area is 87.0 Å². The maximum atomic E-state index is 12.6. The van der Waals surface area contributed by atoms with Crippen LogP contribution in [0.4, 0.5) is 10.1 Å². The van der Waals surface area contributed by atoms with E-state index in [0.717, 1.165) is 11.4 Å². The molecule has 0 aliphatic heterocycles. The number of halogens is 1. The molecule has 76 valence electrons. The van der Waals surface area contributed by atoms with Gasteiger partial charge in [-0.15, -0.1) is 0 Å². The third kappa shape index (κ3) is 2.74. The summed E-state index contributed by atoms with van der Waals surface area (Å²) in [6, 6.07) is 6.20. The number of hydrogen-bond acceptors (Lipinski definition) is 3. The summed E-state index contributed by atoms with van der Waals surface area (Å²) in [5, 5.41) is 3.12. The summed E-state index contributed by atoms with van der Waals surface area (Å²) in [6.07, 6.45) is 4.96. The molecule has 1 heterocycles. The van der Waals surface area contributed by atoms with Crippen molar-refractivity contribution in [2.75, 3.05) is 5.32 Å². The van der Waals surface area contributed by atoms with Gasteiger partial charge in [-0.1, -0.05) is 0 Å². The number of aromatic nitrogens is 2. The first-order chi connectivity index (χ1) is 7.34. The molecule has 0 radical (unpaired) electrons. The van der Waals surface area contributed by atoms with Crippen molar-refractivity contribution >= 4 is 5.69 Å². The summed E-state index contributed by atoms with van der Waals surface area (Å²) in [5.74, 6) is -0.236. The minimum Gasteiger partial charge on any atom is -0.379 e. The smallest absolute Gasteiger partial charge is 0.123 e. The van der Waals surface area contributed by atoms with Crippen molar-refractivity contribution in [1.82, 2.24) is 9.97 Å². The summed E-state index contributed by atoms with van der Waals surface area (Å²) < 4.78 is 12.6. The average molecular weight is 203 g/mol. The van der Waals surface area contributed by atoms with Gasteiger partial charge in [0.05, 0.1) is 18.4 Å². The van der Waals surface area contributed by atoms with Crippen molar-refractivity contribution in [3.63, 3.8) is 0 Å². The summed E-state index contributed by atoms with van der Waals surface area (Å²) in [6.45, 7) is 0.583. The maximum Gasteiger partial charge on any atom is 0.123 e. The topological polar surface area (TPSA) is 37.8 Å². The highest BCUT2D eigenvalue weighted by atomic mass is 19.1. The Morgan fingerprint density at radius 1 is 1.13 bits per heavy atom. The highest BCUT2D eigenvalue weighted by Crippen LogP contribution is 2.08. The summed E-state index contributed by atoms with van der Waals surface area (Å²) in [4.78, 5) is 8.06. The Morgan fingerprint density at radius 2 is 1.93 bits per heavy atom. The molecule has 0 saturated carbocycles. The Bertz CT molecular complexity index is 414. The van der Waals surface area contributed by atoms with Gasteiger partial charge in [-0.05, 0) is 24.3 Å². The predicted molar refractivity (Wildman–Crippen MR) is 55.8 cm³/mol. The first-order valence-corrected chi connectivity index (χ1v) is 4.59. The van der Waals surface area contributed by atoms with E-state index in [0.29, 0.717) is 6.54 Å². The molecule has 4 heteroatoms. The van der Waals surface area contributed by atoms with Gasteiger partial charge < -0.3 is 5.32 Å². The minimum atomic E-state index is -0.236. The quantitative estimate of drug-likeness (QED) is 0.831. The van der Waals surface area contributed by atoms with Gasteiger partial charge in [0.1, 0.15) is 5.82 Å². The van der Waals surface area contributed by atoms with Crippen molar-refractivity contribution < 1.29 is 4.39 Å². The molecular weight excluding hydrogens is 193 g/mol. The lowest BCUT2D eigenvalue weighted by molar-refractivity contribution is 0.628. The standard InChI is InChI=1S/C11H10FN3/c12-9-1-3-10(4-2-9)15-8-11-7-13-5-6-14-11/h1-7,15H,8H2. The van der Waals surface area contributed by atoms with Gasteiger partial charge in [0.2, 0.25) is 0 Å². The number of hydrogen-bond donors (Lipinski definition) is 1. The highest BCUT2D eigenvalue weighted by molar-refractivity contribution is 5.42. The van der Waals surface area contributed by atoms with E-state index in [1.165, 1.54) is 12.1 Å². The lowest BCUT2D eigenvalue weighted by atomic mass is 10.3. The molecule has 0 spiro atoms. The van der Waals surface area contributed by atoms with E-state index in [1.807, 2.05) is 0 Å². The predicted octanol–water partition coefficient (Wildman–Crippen LogP) is 2.23. The molecule has 3 nitrogen and oxygen atoms in total. The molecule has 1 N–H and O–H groups in total. The van der Waals surface area contributed by atoms with E-state index in [-0.39, 0.29) is 5.82 Å². The van der Waals surface area contributed by atoms with E-state index < -0.39 is 0 Å². The van der Waals surface area contributed by atoms with Crippen LogP contribution in [0.3, 0.4) is 0 Å². The zero-order valence-electron chi connectivity index (χ0n) is 8.02. The van der Waals surface area contributed by atoms with Crippen LogP contribution < -0.4 is 5.32 Å². The van der Waals surface area contributed by atoms with E-state index in [1.54, 1.807) is 30.7 Å². The number of rotatable bonds is 3. The van der Waals surface area contributed by atoms with Crippen LogP contribution in [0.2, 0.25) is 0 Å². The fraction of sp³-hybridized carbons (Fsp3) is 0.0909. The second-order valence-corrected chi connectivity index (χ2v) is 3.06. The van der Waals surface area contributed by atoms with Crippen LogP contribution in [0.5, 0.6) is 0 Å². The lowest BCUT2D eigenvalue weighted by Gasteiger charge is -2.04. The van der Waals surface area contributed by atoms with Crippen molar-refractivity contribution in [2.24, 2.45) is 0 Å². The van der Waals surface area contributed by atoms with Crippen LogP contribution in [-0.4, -0.2) is 9.97 Å². The third-order valence-electron chi connectivity index (χ3n) is 1.93. The third-order valence-corrected chi connectivity index (χ3v) is 1.93. The molecule has 2 aromatic rings. The molecule has 0 aliphatic carbocycles. The number of nitrogens with one attached hydrogen (secondary N) is 1. The Balaban J connectivity index is 1.96. The van der Waals surface area contributed by atoms with Gasteiger partial charge in [-0.25, -0.2) is 4.39 Å². The molecule has 0 amide bonds. The number of nitrogens with zero attached hydrogens (tertiary/aromatic N) is 2. The number of benzene rings is 1. The highest BCUT2D eigenvalue weighted by Gasteiger charge is 1.95. The van der Waals surface area contributed by atoms with Gasteiger partial charge >= 0.3 is 0 Å². The van der Waals surface area contributed by atoms with E-state index in [9.17, 15) is 4.39 Å². The Hall–Kier alpha value is -1.97. The van der Waals surface area contributed by atoms with Crippen LogP contribution >= 0.6 is 0 Å². The van der Waals surface area contributed by atoms with Crippen LogP contribution in [-0.2, 0) is 6.54 Å². The van der Waals surface area contributed by atoms with Crippen LogP contribution in [0.1, 0.15) is 5.69 Å². The van der Waals surface area contributed by atoms with E-state index in [4.69, 9.17) is 0 Å². The zero-order chi connectivity index (χ0) is 10.5. The number of anilines is 1. The molecular formula is C11H10FN3. The molecule has 0 saturated heterocycles. The van der Waals surface area contributed by atoms with Gasteiger partial charge in [0, 0.05) is 18.1 Å². The van der Waals surface area contributed by atoms with Crippen molar-refractivity contribution in [3.8, 4) is 0 Å². The lowest BCUT2D eigenvalue weighted by Crippen LogP contribution is -2.01. The fourth-order valence-electron chi connectivity index (χ4n) is 1.18. The van der Waals surface area contributed by atoms with Crippen LogP contribution in [0, 0.1) is 5.82 Å². The van der Waals surface area contributed by atoms with Crippen LogP contribution in [0.25, 0.3) is 0 Å². The molecule has 0 fully saturated rings. The Morgan fingerprint density at radius 3 is 2.60 bits per heavy atom. The van der Waals surface area contributed by atoms with E-state index >= 15 is 0 Å². The van der Waals surface area contributed by atoms with Crippen molar-refractivity contribution in [1.29, 1.82) is 0 Å². The molecule has 1 aromatic carbocycles. The second kappa shape index (κ2) is 4.50. The zero-order valence-corrected chi connectivity index (χ0v) is 8.02. The van der Waals surface area contributed by atoms with E-state index in [2.05, 4.69) is 15.3 Å². The second-order valence-electron chi connectivity index (χ2n) is 3.06. The van der Waals surface area contributed by atoms with Crippen molar-refractivity contribution in [2.45, 2.75) is 6.54 Å². The fourth-order valence-corrected chi connectivity index (χ4v) is 1.18. The summed E-state index contributed by atoms with van der Waals surface area (Å²) in [7, 11) is 0. The maximum absolute atomic E-state index is 12.6. The van der Waals surface area contributed by atoms with Gasteiger partial charge in [-0.2, -0.15) is 0 Å². The molecule has 0 unspecified atom stereocenters. The molecule has 0 bridgehead atoms. The average Bonchev–Trinajstić information content (AvgIpc) is 2.30.